The molecular formula is C12H12N2O3S. The number of rotatable bonds is 4. The molecule has 0 aliphatic carbocycles. The van der Waals surface area contributed by atoms with Crippen LogP contribution < -0.4 is 10.1 Å². The molecule has 5 nitrogen and oxygen atoms in total. The number of thiazole rings is 1. The number of nitrogens with zero attached hydrogens (tertiary/aromatic N) is 1. The SMILES string of the molecule is COc1ccc(Nc2ncc(C(=O)O)s2)cc1C. The first-order valence-electron chi connectivity index (χ1n) is 5.21. The molecular weight excluding hydrogens is 252 g/mol. The quantitative estimate of drug-likeness (QED) is 0.888. The van der Waals surface area contributed by atoms with Gasteiger partial charge in [-0.15, -0.1) is 0 Å². The average Bonchev–Trinajstić information content (AvgIpc) is 2.78. The van der Waals surface area contributed by atoms with E-state index in [-0.39, 0.29) is 4.88 Å². The topological polar surface area (TPSA) is 71.5 Å². The van der Waals surface area contributed by atoms with Crippen molar-refractivity contribution >= 4 is 28.1 Å². The summed E-state index contributed by atoms with van der Waals surface area (Å²) in [4.78, 5) is 14.9. The van der Waals surface area contributed by atoms with Gasteiger partial charge < -0.3 is 15.2 Å². The first-order chi connectivity index (χ1) is 8.60. The van der Waals surface area contributed by atoms with Crippen molar-refractivity contribution in [3.8, 4) is 5.75 Å². The number of carboxylic acid groups (broad SMARTS) is 1. The van der Waals surface area contributed by atoms with E-state index in [2.05, 4.69) is 10.3 Å². The zero-order valence-corrected chi connectivity index (χ0v) is 10.7. The molecule has 1 aromatic heterocycles. The highest BCUT2D eigenvalue weighted by molar-refractivity contribution is 7.17. The van der Waals surface area contributed by atoms with Gasteiger partial charge in [-0.3, -0.25) is 0 Å². The van der Waals surface area contributed by atoms with E-state index in [1.165, 1.54) is 6.20 Å². The van der Waals surface area contributed by atoms with Crippen LogP contribution in [0.3, 0.4) is 0 Å². The predicted molar refractivity (Wildman–Crippen MR) is 70.1 cm³/mol. The smallest absolute Gasteiger partial charge is 0.347 e. The number of aromatic carboxylic acids is 1. The highest BCUT2D eigenvalue weighted by atomic mass is 32.1. The lowest BCUT2D eigenvalue weighted by Gasteiger charge is -2.07. The standard InChI is InChI=1S/C12H12N2O3S/c1-7-5-8(3-4-9(7)17-2)14-12-13-6-10(18-12)11(15)16/h3-6H,1-2H3,(H,13,14)(H,15,16). The summed E-state index contributed by atoms with van der Waals surface area (Å²) in [6.07, 6.45) is 1.34. The third-order valence-electron chi connectivity index (χ3n) is 2.36. The molecule has 2 N–H and O–H groups in total. The summed E-state index contributed by atoms with van der Waals surface area (Å²) in [5.74, 6) is -0.155. The van der Waals surface area contributed by atoms with E-state index in [0.717, 1.165) is 28.3 Å². The minimum absolute atomic E-state index is 0.211. The van der Waals surface area contributed by atoms with Gasteiger partial charge >= 0.3 is 5.97 Å². The highest BCUT2D eigenvalue weighted by Crippen LogP contribution is 2.26. The molecule has 1 heterocycles. The summed E-state index contributed by atoms with van der Waals surface area (Å²) in [5, 5.41) is 12.4. The Kier molecular flexibility index (Phi) is 3.47. The lowest BCUT2D eigenvalue weighted by molar-refractivity contribution is 0.0702. The fourth-order valence-corrected chi connectivity index (χ4v) is 2.19. The molecule has 0 atom stereocenters. The van der Waals surface area contributed by atoms with Gasteiger partial charge in [-0.05, 0) is 30.7 Å². The van der Waals surface area contributed by atoms with Crippen LogP contribution in [0.4, 0.5) is 10.8 Å². The third-order valence-corrected chi connectivity index (χ3v) is 3.26. The molecule has 1 aromatic carbocycles. The number of aromatic nitrogens is 1. The number of benzene rings is 1. The van der Waals surface area contributed by atoms with E-state index in [1.807, 2.05) is 25.1 Å². The van der Waals surface area contributed by atoms with Crippen molar-refractivity contribution in [3.63, 3.8) is 0 Å². The molecule has 0 radical (unpaired) electrons. The van der Waals surface area contributed by atoms with Crippen LogP contribution in [0.15, 0.2) is 24.4 Å². The molecule has 94 valence electrons. The second-order valence-electron chi connectivity index (χ2n) is 3.64. The average molecular weight is 264 g/mol. The van der Waals surface area contributed by atoms with Crippen molar-refractivity contribution in [2.24, 2.45) is 0 Å². The number of methoxy groups -OCH3 is 1. The van der Waals surface area contributed by atoms with Crippen molar-refractivity contribution in [2.75, 3.05) is 12.4 Å². The van der Waals surface area contributed by atoms with E-state index in [4.69, 9.17) is 9.84 Å². The first kappa shape index (κ1) is 12.4. The molecule has 0 unspecified atom stereocenters. The summed E-state index contributed by atoms with van der Waals surface area (Å²) < 4.78 is 5.17. The number of nitrogens with one attached hydrogen (secondary N) is 1. The van der Waals surface area contributed by atoms with Crippen LogP contribution in [-0.2, 0) is 0 Å². The number of carbonyl (C=O) groups is 1. The predicted octanol–water partition coefficient (Wildman–Crippen LogP) is 2.90. The van der Waals surface area contributed by atoms with Gasteiger partial charge in [0.25, 0.3) is 0 Å². The van der Waals surface area contributed by atoms with Gasteiger partial charge in [-0.2, -0.15) is 0 Å². The van der Waals surface area contributed by atoms with E-state index in [9.17, 15) is 4.79 Å². The maximum atomic E-state index is 10.7. The molecule has 6 heteroatoms. The van der Waals surface area contributed by atoms with Crippen LogP contribution in [-0.4, -0.2) is 23.2 Å². The molecule has 18 heavy (non-hydrogen) atoms. The molecule has 0 saturated heterocycles. The van der Waals surface area contributed by atoms with E-state index in [1.54, 1.807) is 7.11 Å². The van der Waals surface area contributed by atoms with Crippen molar-refractivity contribution in [2.45, 2.75) is 6.92 Å². The Morgan fingerprint density at radius 3 is 2.83 bits per heavy atom. The van der Waals surface area contributed by atoms with E-state index in [0.29, 0.717) is 5.13 Å². The van der Waals surface area contributed by atoms with Crippen molar-refractivity contribution in [1.29, 1.82) is 0 Å². The van der Waals surface area contributed by atoms with Crippen LogP contribution >= 0.6 is 11.3 Å². The van der Waals surface area contributed by atoms with Gasteiger partial charge in [0.2, 0.25) is 0 Å². The number of aryl methyl sites for hydroxylation is 1. The molecule has 0 bridgehead atoms. The van der Waals surface area contributed by atoms with E-state index < -0.39 is 5.97 Å². The van der Waals surface area contributed by atoms with Gasteiger partial charge in [0.15, 0.2) is 5.13 Å². The Morgan fingerprint density at radius 1 is 1.50 bits per heavy atom. The summed E-state index contributed by atoms with van der Waals surface area (Å²) in [6.45, 7) is 1.94. The largest absolute Gasteiger partial charge is 0.496 e. The van der Waals surface area contributed by atoms with Crippen molar-refractivity contribution < 1.29 is 14.6 Å². The Morgan fingerprint density at radius 2 is 2.28 bits per heavy atom. The molecule has 0 spiro atoms. The first-order valence-corrected chi connectivity index (χ1v) is 6.02. The summed E-state index contributed by atoms with van der Waals surface area (Å²) in [7, 11) is 1.62. The monoisotopic (exact) mass is 264 g/mol. The van der Waals surface area contributed by atoms with Crippen molar-refractivity contribution in [1.82, 2.24) is 4.98 Å². The maximum absolute atomic E-state index is 10.7. The summed E-state index contributed by atoms with van der Waals surface area (Å²) >= 11 is 1.10. The van der Waals surface area contributed by atoms with Crippen LogP contribution in [0.5, 0.6) is 5.75 Å². The molecule has 0 aliphatic heterocycles. The van der Waals surface area contributed by atoms with Gasteiger partial charge in [0, 0.05) is 5.69 Å². The van der Waals surface area contributed by atoms with Crippen molar-refractivity contribution in [3.05, 3.63) is 34.8 Å². The fourth-order valence-electron chi connectivity index (χ4n) is 1.51. The van der Waals surface area contributed by atoms with E-state index >= 15 is 0 Å². The minimum Gasteiger partial charge on any atom is -0.496 e. The molecule has 0 fully saturated rings. The maximum Gasteiger partial charge on any atom is 0.347 e. The van der Waals surface area contributed by atoms with Gasteiger partial charge in [-0.1, -0.05) is 11.3 Å². The number of hydrogen-bond acceptors (Lipinski definition) is 5. The summed E-state index contributed by atoms with van der Waals surface area (Å²) in [5.41, 5.74) is 1.84. The van der Waals surface area contributed by atoms with Gasteiger partial charge in [-0.25, -0.2) is 9.78 Å². The summed E-state index contributed by atoms with van der Waals surface area (Å²) in [6, 6.07) is 5.62. The lowest BCUT2D eigenvalue weighted by atomic mass is 10.2. The number of ether oxygens (including phenoxy) is 1. The molecule has 0 amide bonds. The second kappa shape index (κ2) is 5.05. The molecule has 2 rings (SSSR count). The number of carboxylic acids is 1. The Labute approximate surface area is 108 Å². The van der Waals surface area contributed by atoms with Crippen LogP contribution in [0.25, 0.3) is 0 Å². The molecule has 0 saturated carbocycles. The lowest BCUT2D eigenvalue weighted by Crippen LogP contribution is -1.92. The molecule has 2 aromatic rings. The molecule has 0 aliphatic rings. The van der Waals surface area contributed by atoms with Gasteiger partial charge in [0.05, 0.1) is 13.3 Å². The Balaban J connectivity index is 2.18. The Hall–Kier alpha value is -2.08. The number of hydrogen-bond donors (Lipinski definition) is 2. The Bertz CT molecular complexity index is 580. The van der Waals surface area contributed by atoms with Gasteiger partial charge in [0.1, 0.15) is 10.6 Å². The zero-order chi connectivity index (χ0) is 13.1. The number of anilines is 2. The highest BCUT2D eigenvalue weighted by Gasteiger charge is 2.08. The fraction of sp³-hybridized carbons (Fsp3) is 0.167. The normalized spacial score (nSPS) is 10.1. The van der Waals surface area contributed by atoms with Crippen LogP contribution in [0.2, 0.25) is 0 Å². The van der Waals surface area contributed by atoms with Crippen LogP contribution in [0, 0.1) is 6.92 Å². The second-order valence-corrected chi connectivity index (χ2v) is 4.67. The van der Waals surface area contributed by atoms with Crippen LogP contribution in [0.1, 0.15) is 15.2 Å². The zero-order valence-electron chi connectivity index (χ0n) is 9.93. The third kappa shape index (κ3) is 2.60. The minimum atomic E-state index is -0.966.